The number of ether oxygens (including phenoxy) is 1. The Hall–Kier alpha value is -1.44. The molecule has 0 bridgehead atoms. The van der Waals surface area contributed by atoms with Crippen LogP contribution in [-0.4, -0.2) is 41.7 Å². The number of thiophene rings is 1. The zero-order valence-electron chi connectivity index (χ0n) is 12.4. The third-order valence-corrected chi connectivity index (χ3v) is 5.37. The molecule has 3 heterocycles. The van der Waals surface area contributed by atoms with Gasteiger partial charge in [-0.1, -0.05) is 6.07 Å². The molecule has 118 valence electrons. The molecule has 0 aromatic carbocycles. The first kappa shape index (κ1) is 15.5. The van der Waals surface area contributed by atoms with Gasteiger partial charge in [-0.2, -0.15) is 0 Å². The molecule has 1 fully saturated rings. The van der Waals surface area contributed by atoms with Crippen LogP contribution in [0.15, 0.2) is 22.9 Å². The van der Waals surface area contributed by atoms with Crippen LogP contribution in [0.4, 0.5) is 4.79 Å². The van der Waals surface area contributed by atoms with Crippen LogP contribution >= 0.6 is 22.7 Å². The molecule has 3 rings (SSSR count). The van der Waals surface area contributed by atoms with Crippen LogP contribution in [0.3, 0.4) is 0 Å². The predicted octanol–water partition coefficient (Wildman–Crippen LogP) is 3.19. The Morgan fingerprint density at radius 2 is 2.45 bits per heavy atom. The van der Waals surface area contributed by atoms with E-state index < -0.39 is 0 Å². The van der Waals surface area contributed by atoms with E-state index in [4.69, 9.17) is 4.74 Å². The largest absolute Gasteiger partial charge is 0.377 e. The summed E-state index contributed by atoms with van der Waals surface area (Å²) in [4.78, 5) is 19.8. The third kappa shape index (κ3) is 3.85. The number of nitrogens with one attached hydrogen (secondary N) is 1. The van der Waals surface area contributed by atoms with Crippen molar-refractivity contribution in [2.24, 2.45) is 0 Å². The van der Waals surface area contributed by atoms with E-state index in [9.17, 15) is 4.79 Å². The van der Waals surface area contributed by atoms with Crippen LogP contribution < -0.4 is 5.32 Å². The van der Waals surface area contributed by atoms with Crippen LogP contribution in [0, 0.1) is 0 Å². The normalized spacial score (nSPS) is 19.0. The molecule has 0 unspecified atom stereocenters. The van der Waals surface area contributed by atoms with Crippen LogP contribution in [0.25, 0.3) is 9.88 Å². The number of carbonyl (C=O) groups excluding carboxylic acids is 1. The maximum absolute atomic E-state index is 12.2. The monoisotopic (exact) mass is 337 g/mol. The predicted molar refractivity (Wildman–Crippen MR) is 89.3 cm³/mol. The molecule has 0 saturated carbocycles. The summed E-state index contributed by atoms with van der Waals surface area (Å²) in [6, 6.07) is 4.04. The molecule has 7 heteroatoms. The van der Waals surface area contributed by atoms with Crippen LogP contribution in [0.1, 0.15) is 19.0 Å². The van der Waals surface area contributed by atoms with Crippen molar-refractivity contribution >= 4 is 28.7 Å². The molecule has 5 nitrogen and oxygen atoms in total. The third-order valence-electron chi connectivity index (χ3n) is 3.44. The lowest BCUT2D eigenvalue weighted by Crippen LogP contribution is -2.42. The molecule has 2 aromatic rings. The summed E-state index contributed by atoms with van der Waals surface area (Å²) in [5, 5.41) is 8.01. The number of hydrogen-bond donors (Lipinski definition) is 1. The Balaban J connectivity index is 1.54. The number of thiazole rings is 1. The summed E-state index contributed by atoms with van der Waals surface area (Å²) in [5.74, 6) is 0. The number of aromatic nitrogens is 1. The maximum atomic E-state index is 12.2. The summed E-state index contributed by atoms with van der Waals surface area (Å²) in [5.41, 5.74) is 0.904. The number of amides is 2. The maximum Gasteiger partial charge on any atom is 0.317 e. The fraction of sp³-hybridized carbons (Fsp3) is 0.467. The second-order valence-electron chi connectivity index (χ2n) is 5.26. The molecule has 2 amide bonds. The van der Waals surface area contributed by atoms with Gasteiger partial charge in [0.2, 0.25) is 0 Å². The number of nitrogens with zero attached hydrogens (tertiary/aromatic N) is 2. The highest BCUT2D eigenvalue weighted by atomic mass is 32.1. The zero-order valence-corrected chi connectivity index (χ0v) is 14.1. The first-order chi connectivity index (χ1) is 10.7. The van der Waals surface area contributed by atoms with Crippen molar-refractivity contribution in [2.45, 2.75) is 26.0 Å². The first-order valence-corrected chi connectivity index (χ1v) is 9.11. The van der Waals surface area contributed by atoms with Crippen LogP contribution in [-0.2, 0) is 11.3 Å². The van der Waals surface area contributed by atoms with Crippen molar-refractivity contribution in [3.8, 4) is 9.88 Å². The first-order valence-electron chi connectivity index (χ1n) is 7.35. The lowest BCUT2D eigenvalue weighted by atomic mass is 10.3. The van der Waals surface area contributed by atoms with Gasteiger partial charge in [-0.25, -0.2) is 9.78 Å². The van der Waals surface area contributed by atoms with Crippen molar-refractivity contribution < 1.29 is 9.53 Å². The van der Waals surface area contributed by atoms with Crippen molar-refractivity contribution in [1.82, 2.24) is 15.2 Å². The Morgan fingerprint density at radius 3 is 3.27 bits per heavy atom. The highest BCUT2D eigenvalue weighted by molar-refractivity contribution is 7.20. The molecular weight excluding hydrogens is 318 g/mol. The van der Waals surface area contributed by atoms with E-state index in [1.165, 1.54) is 4.88 Å². The van der Waals surface area contributed by atoms with Gasteiger partial charge in [-0.15, -0.1) is 22.7 Å². The molecule has 0 radical (unpaired) electrons. The van der Waals surface area contributed by atoms with E-state index in [-0.39, 0.29) is 12.1 Å². The molecule has 0 spiro atoms. The van der Waals surface area contributed by atoms with Gasteiger partial charge in [0, 0.05) is 25.1 Å². The van der Waals surface area contributed by atoms with Gasteiger partial charge in [-0.05, 0) is 24.8 Å². The second-order valence-corrected chi connectivity index (χ2v) is 7.07. The van der Waals surface area contributed by atoms with Crippen molar-refractivity contribution in [3.63, 3.8) is 0 Å². The van der Waals surface area contributed by atoms with Crippen molar-refractivity contribution in [3.05, 3.63) is 28.6 Å². The molecule has 1 aliphatic heterocycles. The van der Waals surface area contributed by atoms with Crippen LogP contribution in [0.5, 0.6) is 0 Å². The second kappa shape index (κ2) is 7.21. The zero-order chi connectivity index (χ0) is 15.4. The number of rotatable bonds is 3. The lowest BCUT2D eigenvalue weighted by Gasteiger charge is -2.22. The van der Waals surface area contributed by atoms with E-state index in [0.717, 1.165) is 30.3 Å². The molecule has 22 heavy (non-hydrogen) atoms. The smallest absolute Gasteiger partial charge is 0.317 e. The molecule has 2 aromatic heterocycles. The Morgan fingerprint density at radius 1 is 1.55 bits per heavy atom. The quantitative estimate of drug-likeness (QED) is 0.936. The molecule has 1 atom stereocenters. The summed E-state index contributed by atoms with van der Waals surface area (Å²) < 4.78 is 5.56. The van der Waals surface area contributed by atoms with E-state index in [1.807, 2.05) is 28.7 Å². The molecule has 1 N–H and O–H groups in total. The van der Waals surface area contributed by atoms with Gasteiger partial charge in [0.25, 0.3) is 0 Å². The van der Waals surface area contributed by atoms with Gasteiger partial charge in [-0.3, -0.25) is 0 Å². The minimum atomic E-state index is -0.0389. The van der Waals surface area contributed by atoms with E-state index >= 15 is 0 Å². The topological polar surface area (TPSA) is 54.5 Å². The standard InChI is InChI=1S/C15H19N3O2S2/c1-11-9-18(5-3-6-20-11)15(19)16-8-12-10-22-14(17-12)13-4-2-7-21-13/h2,4,7,10-11H,3,5-6,8-9H2,1H3,(H,16,19)/t11-/m1/s1. The Labute approximate surface area is 137 Å². The average molecular weight is 337 g/mol. The van der Waals surface area contributed by atoms with Gasteiger partial charge in [0.15, 0.2) is 0 Å². The highest BCUT2D eigenvalue weighted by Gasteiger charge is 2.19. The lowest BCUT2D eigenvalue weighted by molar-refractivity contribution is 0.0710. The fourth-order valence-corrected chi connectivity index (χ4v) is 3.99. The SMILES string of the molecule is C[C@@H]1CN(C(=O)NCc2csc(-c3cccs3)n2)CCCO1. The van der Waals surface area contributed by atoms with Crippen molar-refractivity contribution in [2.75, 3.05) is 19.7 Å². The molecular formula is C15H19N3O2S2. The fourth-order valence-electron chi connectivity index (χ4n) is 2.36. The van der Waals surface area contributed by atoms with Gasteiger partial charge in [0.05, 0.1) is 23.2 Å². The van der Waals surface area contributed by atoms with Gasteiger partial charge < -0.3 is 15.0 Å². The van der Waals surface area contributed by atoms with Crippen molar-refractivity contribution in [1.29, 1.82) is 0 Å². The Bertz CT molecular complexity index is 612. The summed E-state index contributed by atoms with van der Waals surface area (Å²) in [6.45, 7) is 4.57. The van der Waals surface area contributed by atoms with E-state index in [1.54, 1.807) is 22.7 Å². The molecule has 1 aliphatic rings. The summed E-state index contributed by atoms with van der Waals surface area (Å²) in [6.07, 6.45) is 0.981. The summed E-state index contributed by atoms with van der Waals surface area (Å²) in [7, 11) is 0. The minimum Gasteiger partial charge on any atom is -0.377 e. The summed E-state index contributed by atoms with van der Waals surface area (Å²) >= 11 is 3.29. The minimum absolute atomic E-state index is 0.0389. The molecule has 0 aliphatic carbocycles. The number of urea groups is 1. The number of hydrogen-bond acceptors (Lipinski definition) is 5. The van der Waals surface area contributed by atoms with E-state index in [2.05, 4.69) is 16.4 Å². The van der Waals surface area contributed by atoms with Gasteiger partial charge >= 0.3 is 6.03 Å². The number of carbonyl (C=O) groups is 1. The highest BCUT2D eigenvalue weighted by Crippen LogP contribution is 2.27. The average Bonchev–Trinajstić information content (AvgIpc) is 3.14. The van der Waals surface area contributed by atoms with Crippen LogP contribution in [0.2, 0.25) is 0 Å². The van der Waals surface area contributed by atoms with E-state index in [0.29, 0.717) is 13.1 Å². The van der Waals surface area contributed by atoms with Gasteiger partial charge in [0.1, 0.15) is 5.01 Å². The molecule has 1 saturated heterocycles. The Kier molecular flexibility index (Phi) is 5.07.